The Bertz CT molecular complexity index is 1060. The third-order valence-corrected chi connectivity index (χ3v) is 7.95. The van der Waals surface area contributed by atoms with Gasteiger partial charge in [0.1, 0.15) is 15.2 Å². The summed E-state index contributed by atoms with van der Waals surface area (Å²) in [6.07, 6.45) is 1.35. The molecule has 1 aromatic carbocycles. The Morgan fingerprint density at radius 2 is 2.07 bits per heavy atom. The minimum Gasteiger partial charge on any atom is -0.497 e. The van der Waals surface area contributed by atoms with Crippen LogP contribution in [0.15, 0.2) is 63.0 Å². The summed E-state index contributed by atoms with van der Waals surface area (Å²) in [5, 5.41) is 3.61. The Morgan fingerprint density at radius 3 is 2.67 bits per heavy atom. The highest BCUT2D eigenvalue weighted by molar-refractivity contribution is 8.16. The van der Waals surface area contributed by atoms with E-state index in [2.05, 4.69) is 16.3 Å². The monoisotopic (exact) mass is 465 g/mol. The highest BCUT2D eigenvalue weighted by Gasteiger charge is 2.39. The third kappa shape index (κ3) is 5.10. The van der Waals surface area contributed by atoms with Crippen LogP contribution in [-0.4, -0.2) is 49.2 Å². The minimum absolute atomic E-state index is 0.0375. The van der Waals surface area contributed by atoms with E-state index in [1.807, 2.05) is 0 Å². The molecule has 0 saturated carbocycles. The second-order valence-electron chi connectivity index (χ2n) is 6.11. The van der Waals surface area contributed by atoms with Crippen LogP contribution in [0.3, 0.4) is 0 Å². The molecule has 30 heavy (non-hydrogen) atoms. The van der Waals surface area contributed by atoms with Crippen LogP contribution in [0.2, 0.25) is 0 Å². The number of anilines is 1. The van der Waals surface area contributed by atoms with Crippen LogP contribution < -0.4 is 10.1 Å². The van der Waals surface area contributed by atoms with Crippen molar-refractivity contribution in [2.45, 2.75) is 15.9 Å². The summed E-state index contributed by atoms with van der Waals surface area (Å²) in [5.74, 6) is -0.0979. The molecule has 1 aliphatic heterocycles. The molecule has 1 aliphatic rings. The standard InChI is InChI=1S/C19H19N3O5S3/c1-3-10-22-18(24)15(12-16(23)20-13-6-8-14(27-2)9-7-13)29-19(22)21-30(25,26)17-5-4-11-28-17/h3-9,11,15H,1,10,12H2,2H3,(H,20,23). The number of rotatable bonds is 8. The van der Waals surface area contributed by atoms with Crippen LogP contribution in [0, 0.1) is 0 Å². The van der Waals surface area contributed by atoms with Gasteiger partial charge in [-0.3, -0.25) is 14.5 Å². The largest absolute Gasteiger partial charge is 0.497 e. The molecule has 8 nitrogen and oxygen atoms in total. The Balaban J connectivity index is 1.74. The van der Waals surface area contributed by atoms with E-state index in [0.29, 0.717) is 11.4 Å². The lowest BCUT2D eigenvalue weighted by molar-refractivity contribution is -0.127. The van der Waals surface area contributed by atoms with Gasteiger partial charge in [0.05, 0.1) is 7.11 Å². The number of nitrogens with one attached hydrogen (secondary N) is 1. The molecule has 11 heteroatoms. The van der Waals surface area contributed by atoms with Gasteiger partial charge in [0.15, 0.2) is 5.17 Å². The number of hydrogen-bond acceptors (Lipinski definition) is 7. The lowest BCUT2D eigenvalue weighted by Gasteiger charge is -2.13. The fourth-order valence-corrected chi connectivity index (χ4v) is 5.95. The van der Waals surface area contributed by atoms with Gasteiger partial charge in [-0.05, 0) is 35.7 Å². The molecule has 0 aliphatic carbocycles. The van der Waals surface area contributed by atoms with E-state index >= 15 is 0 Å². The smallest absolute Gasteiger partial charge is 0.294 e. The molecule has 2 heterocycles. The average molecular weight is 466 g/mol. The van der Waals surface area contributed by atoms with Crippen molar-refractivity contribution in [3.63, 3.8) is 0 Å². The number of benzene rings is 1. The van der Waals surface area contributed by atoms with Gasteiger partial charge in [-0.15, -0.1) is 22.3 Å². The van der Waals surface area contributed by atoms with Crippen LogP contribution in [-0.2, 0) is 19.6 Å². The topological polar surface area (TPSA) is 105 Å². The number of carbonyl (C=O) groups is 2. The molecule has 1 atom stereocenters. The van der Waals surface area contributed by atoms with Gasteiger partial charge < -0.3 is 10.1 Å². The average Bonchev–Trinajstić information content (AvgIpc) is 3.34. The van der Waals surface area contributed by atoms with Gasteiger partial charge in [-0.2, -0.15) is 8.42 Å². The zero-order chi connectivity index (χ0) is 21.7. The number of thiophene rings is 1. The number of nitrogens with zero attached hydrogens (tertiary/aromatic N) is 2. The number of ether oxygens (including phenoxy) is 1. The number of amidine groups is 1. The normalized spacial score (nSPS) is 17.9. The van der Waals surface area contributed by atoms with E-state index in [9.17, 15) is 18.0 Å². The van der Waals surface area contributed by atoms with Gasteiger partial charge in [0.2, 0.25) is 11.8 Å². The second kappa shape index (κ2) is 9.45. The minimum atomic E-state index is -3.94. The van der Waals surface area contributed by atoms with Gasteiger partial charge >= 0.3 is 0 Å². The summed E-state index contributed by atoms with van der Waals surface area (Å²) in [4.78, 5) is 26.4. The van der Waals surface area contributed by atoms with Crippen LogP contribution in [0.5, 0.6) is 5.75 Å². The molecule has 0 spiro atoms. The Labute approximate surface area is 182 Å². The Morgan fingerprint density at radius 1 is 1.33 bits per heavy atom. The molecular weight excluding hydrogens is 446 g/mol. The van der Waals surface area contributed by atoms with Crippen molar-refractivity contribution in [3.05, 3.63) is 54.4 Å². The molecule has 2 aromatic rings. The maximum Gasteiger partial charge on any atom is 0.294 e. The molecule has 2 amide bonds. The number of methoxy groups -OCH3 is 1. The van der Waals surface area contributed by atoms with E-state index in [0.717, 1.165) is 23.1 Å². The highest BCUT2D eigenvalue weighted by atomic mass is 32.2. The Hall–Kier alpha value is -2.63. The van der Waals surface area contributed by atoms with Gasteiger partial charge in [0.25, 0.3) is 10.0 Å². The molecule has 158 valence electrons. The summed E-state index contributed by atoms with van der Waals surface area (Å²) >= 11 is 2.00. The third-order valence-electron chi connectivity index (χ3n) is 4.02. The van der Waals surface area contributed by atoms with Crippen LogP contribution in [0.25, 0.3) is 0 Å². The van der Waals surface area contributed by atoms with Crippen molar-refractivity contribution in [1.82, 2.24) is 4.90 Å². The first-order chi connectivity index (χ1) is 14.3. The Kier molecular flexibility index (Phi) is 6.95. The lowest BCUT2D eigenvalue weighted by atomic mass is 10.2. The zero-order valence-corrected chi connectivity index (χ0v) is 18.4. The predicted molar refractivity (Wildman–Crippen MR) is 118 cm³/mol. The maximum absolute atomic E-state index is 12.7. The molecule has 1 saturated heterocycles. The quantitative estimate of drug-likeness (QED) is 0.601. The number of carbonyl (C=O) groups excluding carboxylic acids is 2. The fourth-order valence-electron chi connectivity index (χ4n) is 2.62. The fraction of sp³-hybridized carbons (Fsp3) is 0.211. The van der Waals surface area contributed by atoms with E-state index in [1.54, 1.807) is 42.8 Å². The van der Waals surface area contributed by atoms with Crippen molar-refractivity contribution in [3.8, 4) is 5.75 Å². The summed E-state index contributed by atoms with van der Waals surface area (Å²) in [6.45, 7) is 3.70. The van der Waals surface area contributed by atoms with Crippen LogP contribution >= 0.6 is 23.1 Å². The van der Waals surface area contributed by atoms with Crippen molar-refractivity contribution < 1.29 is 22.7 Å². The number of thioether (sulfide) groups is 1. The van der Waals surface area contributed by atoms with E-state index in [-0.39, 0.29) is 34.2 Å². The molecular formula is C19H19N3O5S3. The molecule has 1 fully saturated rings. The zero-order valence-electron chi connectivity index (χ0n) is 16.0. The SMILES string of the molecule is C=CCN1C(=O)C(CC(=O)Nc2ccc(OC)cc2)SC1=NS(=O)(=O)c1cccs1. The van der Waals surface area contributed by atoms with Crippen molar-refractivity contribution in [1.29, 1.82) is 0 Å². The summed E-state index contributed by atoms with van der Waals surface area (Å²) < 4.78 is 34.0. The number of hydrogen-bond donors (Lipinski definition) is 1. The van der Waals surface area contributed by atoms with Gasteiger partial charge in [-0.1, -0.05) is 23.9 Å². The predicted octanol–water partition coefficient (Wildman–Crippen LogP) is 2.96. The van der Waals surface area contributed by atoms with Gasteiger partial charge in [-0.25, -0.2) is 0 Å². The summed E-state index contributed by atoms with van der Waals surface area (Å²) in [7, 11) is -2.39. The summed E-state index contributed by atoms with van der Waals surface area (Å²) in [6, 6.07) is 9.84. The van der Waals surface area contributed by atoms with Crippen LogP contribution in [0.1, 0.15) is 6.42 Å². The van der Waals surface area contributed by atoms with Crippen molar-refractivity contribution >= 4 is 55.8 Å². The van der Waals surface area contributed by atoms with Crippen molar-refractivity contribution in [2.75, 3.05) is 19.0 Å². The highest BCUT2D eigenvalue weighted by Crippen LogP contribution is 2.32. The first-order valence-corrected chi connectivity index (χ1v) is 12.0. The van der Waals surface area contributed by atoms with Crippen molar-refractivity contribution in [2.24, 2.45) is 4.40 Å². The summed E-state index contributed by atoms with van der Waals surface area (Å²) in [5.41, 5.74) is 0.563. The first-order valence-electron chi connectivity index (χ1n) is 8.75. The molecule has 0 radical (unpaired) electrons. The molecule has 1 N–H and O–H groups in total. The molecule has 3 rings (SSSR count). The number of sulfonamides is 1. The number of amides is 2. The lowest BCUT2D eigenvalue weighted by Crippen LogP contribution is -2.33. The van der Waals surface area contributed by atoms with Crippen LogP contribution in [0.4, 0.5) is 5.69 Å². The molecule has 0 bridgehead atoms. The van der Waals surface area contributed by atoms with E-state index in [4.69, 9.17) is 4.74 Å². The van der Waals surface area contributed by atoms with Gasteiger partial charge in [0, 0.05) is 18.7 Å². The first kappa shape index (κ1) is 22.1. The molecule has 1 aromatic heterocycles. The van der Waals surface area contributed by atoms with E-state index in [1.165, 1.54) is 17.0 Å². The maximum atomic E-state index is 12.7. The second-order valence-corrected chi connectivity index (χ2v) is 10.1. The molecule has 1 unspecified atom stereocenters. The van der Waals surface area contributed by atoms with E-state index < -0.39 is 15.3 Å².